The lowest BCUT2D eigenvalue weighted by molar-refractivity contribution is 0.285. The maximum atomic E-state index is 8.80. The minimum Gasteiger partial charge on any atom is -0.396 e. The van der Waals surface area contributed by atoms with Crippen LogP contribution in [0, 0.1) is 0 Å². The number of aryl methyl sites for hydroxylation is 1. The van der Waals surface area contributed by atoms with Crippen molar-refractivity contribution >= 4 is 16.6 Å². The van der Waals surface area contributed by atoms with Crippen molar-refractivity contribution in [3.63, 3.8) is 0 Å². The van der Waals surface area contributed by atoms with Crippen LogP contribution in [0.2, 0.25) is 0 Å². The van der Waals surface area contributed by atoms with Gasteiger partial charge in [0.2, 0.25) is 0 Å². The third-order valence-electron chi connectivity index (χ3n) is 3.19. The van der Waals surface area contributed by atoms with E-state index in [2.05, 4.69) is 54.0 Å². The number of hydrogen-bond acceptors (Lipinski definition) is 2. The number of nitrogens with zero attached hydrogens (tertiary/aromatic N) is 2. The van der Waals surface area contributed by atoms with Gasteiger partial charge < -0.3 is 14.6 Å². The molecule has 3 heteroatoms. The molecule has 1 aromatic carbocycles. The summed E-state index contributed by atoms with van der Waals surface area (Å²) in [6.45, 7) is 1.26. The van der Waals surface area contributed by atoms with E-state index in [1.54, 1.807) is 0 Å². The highest BCUT2D eigenvalue weighted by atomic mass is 16.2. The summed E-state index contributed by atoms with van der Waals surface area (Å²) in [5, 5.41) is 10.1. The lowest BCUT2D eigenvalue weighted by Gasteiger charge is -2.17. The molecule has 0 unspecified atom stereocenters. The average molecular weight is 232 g/mol. The Labute approximate surface area is 102 Å². The van der Waals surface area contributed by atoms with Gasteiger partial charge in [-0.3, -0.25) is 0 Å². The van der Waals surface area contributed by atoms with E-state index in [0.717, 1.165) is 19.4 Å². The fourth-order valence-corrected chi connectivity index (χ4v) is 2.21. The molecule has 17 heavy (non-hydrogen) atoms. The summed E-state index contributed by atoms with van der Waals surface area (Å²) in [5.74, 6) is 0. The number of hydrogen-bond donors (Lipinski definition) is 1. The number of benzene rings is 1. The molecular formula is C14H20N2O. The van der Waals surface area contributed by atoms with Gasteiger partial charge in [0, 0.05) is 44.3 Å². The zero-order valence-corrected chi connectivity index (χ0v) is 10.6. The molecule has 1 N–H and O–H groups in total. The summed E-state index contributed by atoms with van der Waals surface area (Å²) in [7, 11) is 4.19. The summed E-state index contributed by atoms with van der Waals surface area (Å²) in [6, 6.07) is 8.44. The molecule has 2 rings (SSSR count). The van der Waals surface area contributed by atoms with Crippen LogP contribution in [0.5, 0.6) is 0 Å². The molecule has 0 saturated heterocycles. The van der Waals surface area contributed by atoms with Crippen molar-refractivity contribution in [2.75, 3.05) is 25.1 Å². The first-order chi connectivity index (χ1) is 8.24. The SMILES string of the molecule is CN(CCCCO)c1cn(C)c2ccccc12. The fraction of sp³-hybridized carbons (Fsp3) is 0.429. The Morgan fingerprint density at radius 2 is 2.00 bits per heavy atom. The van der Waals surface area contributed by atoms with Gasteiger partial charge in [-0.25, -0.2) is 0 Å². The molecule has 3 nitrogen and oxygen atoms in total. The summed E-state index contributed by atoms with van der Waals surface area (Å²) < 4.78 is 2.16. The first kappa shape index (κ1) is 12.0. The summed E-state index contributed by atoms with van der Waals surface area (Å²) in [4.78, 5) is 2.26. The van der Waals surface area contributed by atoms with E-state index in [1.807, 2.05) is 0 Å². The van der Waals surface area contributed by atoms with Crippen molar-refractivity contribution < 1.29 is 5.11 Å². The van der Waals surface area contributed by atoms with E-state index in [9.17, 15) is 0 Å². The number of aliphatic hydroxyl groups is 1. The zero-order chi connectivity index (χ0) is 12.3. The molecule has 0 amide bonds. The quantitative estimate of drug-likeness (QED) is 0.802. The van der Waals surface area contributed by atoms with E-state index < -0.39 is 0 Å². The van der Waals surface area contributed by atoms with Crippen molar-refractivity contribution in [1.29, 1.82) is 0 Å². The largest absolute Gasteiger partial charge is 0.396 e. The summed E-state index contributed by atoms with van der Waals surface area (Å²) >= 11 is 0. The topological polar surface area (TPSA) is 28.4 Å². The third-order valence-corrected chi connectivity index (χ3v) is 3.19. The van der Waals surface area contributed by atoms with Gasteiger partial charge in [-0.05, 0) is 18.9 Å². The second-order valence-electron chi connectivity index (χ2n) is 4.49. The Kier molecular flexibility index (Phi) is 3.69. The molecule has 0 aliphatic rings. The normalized spacial score (nSPS) is 11.0. The van der Waals surface area contributed by atoms with Crippen molar-refractivity contribution in [1.82, 2.24) is 4.57 Å². The monoisotopic (exact) mass is 232 g/mol. The molecule has 0 saturated carbocycles. The van der Waals surface area contributed by atoms with E-state index in [0.29, 0.717) is 0 Å². The minimum absolute atomic E-state index is 0.281. The summed E-state index contributed by atoms with van der Waals surface area (Å²) in [6.07, 6.45) is 4.06. The van der Waals surface area contributed by atoms with Gasteiger partial charge in [-0.1, -0.05) is 18.2 Å². The third kappa shape index (κ3) is 2.44. The van der Waals surface area contributed by atoms with Gasteiger partial charge in [0.05, 0.1) is 5.69 Å². The number of unbranched alkanes of at least 4 members (excludes halogenated alkanes) is 1. The number of aromatic nitrogens is 1. The Balaban J connectivity index is 2.23. The highest BCUT2D eigenvalue weighted by Crippen LogP contribution is 2.27. The van der Waals surface area contributed by atoms with Crippen LogP contribution in [0.15, 0.2) is 30.5 Å². The molecule has 1 aromatic heterocycles. The van der Waals surface area contributed by atoms with Crippen molar-refractivity contribution in [2.24, 2.45) is 7.05 Å². The van der Waals surface area contributed by atoms with Gasteiger partial charge in [-0.2, -0.15) is 0 Å². The van der Waals surface area contributed by atoms with Gasteiger partial charge in [0.25, 0.3) is 0 Å². The van der Waals surface area contributed by atoms with E-state index >= 15 is 0 Å². The number of anilines is 1. The Morgan fingerprint density at radius 1 is 1.24 bits per heavy atom. The lowest BCUT2D eigenvalue weighted by atomic mass is 10.2. The first-order valence-electron chi connectivity index (χ1n) is 6.10. The van der Waals surface area contributed by atoms with E-state index in [-0.39, 0.29) is 6.61 Å². The van der Waals surface area contributed by atoms with Crippen LogP contribution in [-0.2, 0) is 7.05 Å². The van der Waals surface area contributed by atoms with Crippen molar-refractivity contribution in [3.8, 4) is 0 Å². The molecule has 1 heterocycles. The van der Waals surface area contributed by atoms with Gasteiger partial charge in [0.15, 0.2) is 0 Å². The molecule has 0 atom stereocenters. The van der Waals surface area contributed by atoms with Gasteiger partial charge in [-0.15, -0.1) is 0 Å². The maximum absolute atomic E-state index is 8.80. The average Bonchev–Trinajstić information content (AvgIpc) is 2.68. The highest BCUT2D eigenvalue weighted by molar-refractivity contribution is 5.93. The van der Waals surface area contributed by atoms with Crippen LogP contribution in [-0.4, -0.2) is 29.9 Å². The predicted octanol–water partition coefficient (Wildman–Crippen LogP) is 2.39. The first-order valence-corrected chi connectivity index (χ1v) is 6.10. The molecule has 0 radical (unpaired) electrons. The second-order valence-corrected chi connectivity index (χ2v) is 4.49. The summed E-state index contributed by atoms with van der Waals surface area (Å²) in [5.41, 5.74) is 2.53. The van der Waals surface area contributed by atoms with Gasteiger partial charge in [0.1, 0.15) is 0 Å². The van der Waals surface area contributed by atoms with Crippen LogP contribution >= 0.6 is 0 Å². The molecular weight excluding hydrogens is 212 g/mol. The molecule has 2 aromatic rings. The van der Waals surface area contributed by atoms with E-state index in [1.165, 1.54) is 16.6 Å². The molecule has 0 spiro atoms. The van der Waals surface area contributed by atoms with Gasteiger partial charge >= 0.3 is 0 Å². The number of rotatable bonds is 5. The van der Waals surface area contributed by atoms with E-state index in [4.69, 9.17) is 5.11 Å². The predicted molar refractivity (Wildman–Crippen MR) is 72.5 cm³/mol. The zero-order valence-electron chi connectivity index (χ0n) is 10.6. The second kappa shape index (κ2) is 5.23. The molecule has 0 bridgehead atoms. The number of para-hydroxylation sites is 1. The number of fused-ring (bicyclic) bond motifs is 1. The molecule has 0 aliphatic carbocycles. The van der Waals surface area contributed by atoms with Crippen LogP contribution in [0.25, 0.3) is 10.9 Å². The maximum Gasteiger partial charge on any atom is 0.0623 e. The van der Waals surface area contributed by atoms with Crippen LogP contribution < -0.4 is 4.90 Å². The smallest absolute Gasteiger partial charge is 0.0623 e. The Hall–Kier alpha value is -1.48. The Morgan fingerprint density at radius 3 is 2.76 bits per heavy atom. The molecule has 92 valence electrons. The highest BCUT2D eigenvalue weighted by Gasteiger charge is 2.09. The molecule has 0 fully saturated rings. The standard InChI is InChI=1S/C14H20N2O/c1-15(9-5-6-10-17)14-11-16(2)13-8-4-3-7-12(13)14/h3-4,7-8,11,17H,5-6,9-10H2,1-2H3. The minimum atomic E-state index is 0.281. The molecule has 0 aliphatic heterocycles. The fourth-order valence-electron chi connectivity index (χ4n) is 2.21. The van der Waals surface area contributed by atoms with Crippen LogP contribution in [0.4, 0.5) is 5.69 Å². The van der Waals surface area contributed by atoms with Crippen LogP contribution in [0.3, 0.4) is 0 Å². The lowest BCUT2D eigenvalue weighted by Crippen LogP contribution is -2.18. The van der Waals surface area contributed by atoms with Crippen molar-refractivity contribution in [3.05, 3.63) is 30.5 Å². The number of aliphatic hydroxyl groups excluding tert-OH is 1. The Bertz CT molecular complexity index is 490. The van der Waals surface area contributed by atoms with Crippen LogP contribution in [0.1, 0.15) is 12.8 Å². The van der Waals surface area contributed by atoms with Crippen molar-refractivity contribution in [2.45, 2.75) is 12.8 Å².